The summed E-state index contributed by atoms with van der Waals surface area (Å²) >= 11 is 1.90. The van der Waals surface area contributed by atoms with Gasteiger partial charge in [-0.05, 0) is 25.5 Å². The lowest BCUT2D eigenvalue weighted by molar-refractivity contribution is 0.268. The molecule has 0 bridgehead atoms. The van der Waals surface area contributed by atoms with Crippen LogP contribution in [0.5, 0.6) is 0 Å². The molecule has 1 aromatic heterocycles. The Morgan fingerprint density at radius 3 is 3.06 bits per heavy atom. The fourth-order valence-corrected chi connectivity index (χ4v) is 4.04. The van der Waals surface area contributed by atoms with Gasteiger partial charge in [-0.1, -0.05) is 24.8 Å². The van der Waals surface area contributed by atoms with Crippen LogP contribution in [0.3, 0.4) is 0 Å². The van der Waals surface area contributed by atoms with Gasteiger partial charge in [0.25, 0.3) is 0 Å². The number of thioether (sulfide) groups is 1. The minimum atomic E-state index is 0.216. The molecular formula is C13H17N3S. The van der Waals surface area contributed by atoms with E-state index in [1.807, 2.05) is 30.1 Å². The number of aliphatic imine (C=N–C) groups is 1. The molecule has 0 aliphatic carbocycles. The predicted octanol–water partition coefficient (Wildman–Crippen LogP) is 2.71. The molecule has 17 heavy (non-hydrogen) atoms. The summed E-state index contributed by atoms with van der Waals surface area (Å²) in [6.45, 7) is 4.53. The first kappa shape index (κ1) is 11.1. The maximum Gasteiger partial charge on any atom is 0.160 e. The third-order valence-electron chi connectivity index (χ3n) is 3.63. The predicted molar refractivity (Wildman–Crippen MR) is 72.3 cm³/mol. The summed E-state index contributed by atoms with van der Waals surface area (Å²) in [4.78, 5) is 11.8. The van der Waals surface area contributed by atoms with E-state index >= 15 is 0 Å². The molecule has 0 aromatic carbocycles. The fourth-order valence-electron chi connectivity index (χ4n) is 2.65. The second kappa shape index (κ2) is 4.33. The van der Waals surface area contributed by atoms with Crippen molar-refractivity contribution in [3.63, 3.8) is 0 Å². The van der Waals surface area contributed by atoms with E-state index in [9.17, 15) is 0 Å². The maximum absolute atomic E-state index is 4.84. The first-order valence-corrected chi connectivity index (χ1v) is 7.19. The minimum absolute atomic E-state index is 0.216. The largest absolute Gasteiger partial charge is 0.342 e. The van der Waals surface area contributed by atoms with Crippen LogP contribution in [0.1, 0.15) is 32.0 Å². The van der Waals surface area contributed by atoms with E-state index in [0.29, 0.717) is 12.1 Å². The Hall–Kier alpha value is -1.03. The molecule has 3 heterocycles. The number of nitrogens with zero attached hydrogens (tertiary/aromatic N) is 3. The summed E-state index contributed by atoms with van der Waals surface area (Å²) in [5.41, 5.74) is 1.09. The highest BCUT2D eigenvalue weighted by Gasteiger charge is 2.42. The second-order valence-electron chi connectivity index (χ2n) is 4.63. The van der Waals surface area contributed by atoms with E-state index in [4.69, 9.17) is 4.99 Å². The molecular weight excluding hydrogens is 230 g/mol. The van der Waals surface area contributed by atoms with Crippen LogP contribution in [0.25, 0.3) is 0 Å². The van der Waals surface area contributed by atoms with Crippen LogP contribution in [-0.2, 0) is 0 Å². The molecule has 0 unspecified atom stereocenters. The highest BCUT2D eigenvalue weighted by atomic mass is 32.2. The Kier molecular flexibility index (Phi) is 2.82. The molecule has 2 aliphatic heterocycles. The van der Waals surface area contributed by atoms with Crippen LogP contribution >= 0.6 is 11.8 Å². The minimum Gasteiger partial charge on any atom is -0.342 e. The van der Waals surface area contributed by atoms with Crippen molar-refractivity contribution < 1.29 is 0 Å². The lowest BCUT2D eigenvalue weighted by Gasteiger charge is -2.28. The van der Waals surface area contributed by atoms with E-state index < -0.39 is 0 Å². The summed E-state index contributed by atoms with van der Waals surface area (Å²) in [5, 5.41) is 1.22. The van der Waals surface area contributed by atoms with Gasteiger partial charge in [0.2, 0.25) is 0 Å². The van der Waals surface area contributed by atoms with E-state index in [-0.39, 0.29) is 6.04 Å². The highest BCUT2D eigenvalue weighted by molar-refractivity contribution is 8.14. The van der Waals surface area contributed by atoms with Gasteiger partial charge in [0.05, 0.1) is 11.7 Å². The smallest absolute Gasteiger partial charge is 0.160 e. The Balaban J connectivity index is 1.89. The Morgan fingerprint density at radius 2 is 2.35 bits per heavy atom. The van der Waals surface area contributed by atoms with Crippen molar-refractivity contribution in [2.24, 2.45) is 4.99 Å². The summed E-state index contributed by atoms with van der Waals surface area (Å²) < 4.78 is 0. The maximum atomic E-state index is 4.84. The molecule has 3 nitrogen and oxygen atoms in total. The molecule has 0 radical (unpaired) electrons. The van der Waals surface area contributed by atoms with Gasteiger partial charge < -0.3 is 4.90 Å². The number of fused-ring (bicyclic) bond motifs is 1. The second-order valence-corrected chi connectivity index (χ2v) is 5.62. The highest BCUT2D eigenvalue weighted by Crippen LogP contribution is 2.40. The van der Waals surface area contributed by atoms with Crippen LogP contribution in [0, 0.1) is 0 Å². The molecule has 0 N–H and O–H groups in total. The van der Waals surface area contributed by atoms with Gasteiger partial charge in [-0.15, -0.1) is 0 Å². The van der Waals surface area contributed by atoms with Gasteiger partial charge in [0, 0.05) is 18.0 Å². The summed E-state index contributed by atoms with van der Waals surface area (Å²) in [7, 11) is 0. The van der Waals surface area contributed by atoms with Gasteiger partial charge >= 0.3 is 0 Å². The van der Waals surface area contributed by atoms with Crippen molar-refractivity contribution in [1.29, 1.82) is 0 Å². The van der Waals surface area contributed by atoms with Crippen LogP contribution in [0.2, 0.25) is 0 Å². The molecule has 90 valence electrons. The number of amidine groups is 1. The lowest BCUT2D eigenvalue weighted by atomic mass is 10.0. The zero-order valence-corrected chi connectivity index (χ0v) is 11.0. The van der Waals surface area contributed by atoms with E-state index in [1.165, 1.54) is 17.3 Å². The number of aromatic nitrogens is 1. The number of pyridine rings is 1. The van der Waals surface area contributed by atoms with Crippen LogP contribution < -0.4 is 0 Å². The van der Waals surface area contributed by atoms with E-state index in [0.717, 1.165) is 5.69 Å². The quantitative estimate of drug-likeness (QED) is 0.804. The zero-order chi connectivity index (χ0) is 11.8. The fraction of sp³-hybridized carbons (Fsp3) is 0.538. The monoisotopic (exact) mass is 247 g/mol. The van der Waals surface area contributed by atoms with Gasteiger partial charge in [0.15, 0.2) is 5.17 Å². The first-order valence-electron chi connectivity index (χ1n) is 6.21. The summed E-state index contributed by atoms with van der Waals surface area (Å²) in [6, 6.07) is 7.40. The van der Waals surface area contributed by atoms with Gasteiger partial charge in [-0.3, -0.25) is 9.98 Å². The van der Waals surface area contributed by atoms with Gasteiger partial charge in [0.1, 0.15) is 6.04 Å². The third kappa shape index (κ3) is 1.75. The molecule has 0 spiro atoms. The molecule has 3 rings (SSSR count). The average Bonchev–Trinajstić information content (AvgIpc) is 2.91. The van der Waals surface area contributed by atoms with E-state index in [2.05, 4.69) is 29.8 Å². The van der Waals surface area contributed by atoms with Crippen molar-refractivity contribution in [2.75, 3.05) is 5.75 Å². The molecule has 0 saturated carbocycles. The Morgan fingerprint density at radius 1 is 1.47 bits per heavy atom. The van der Waals surface area contributed by atoms with Crippen molar-refractivity contribution in [1.82, 2.24) is 9.88 Å². The molecule has 4 heteroatoms. The molecule has 3 atom stereocenters. The number of hydrogen-bond donors (Lipinski definition) is 0. The number of rotatable bonds is 2. The van der Waals surface area contributed by atoms with Crippen molar-refractivity contribution in [3.05, 3.63) is 30.1 Å². The van der Waals surface area contributed by atoms with Crippen molar-refractivity contribution in [2.45, 2.75) is 38.4 Å². The topological polar surface area (TPSA) is 28.5 Å². The SMILES string of the molecule is CC[C@@H]1CSC2=N[C@H](c3ccccn3)[C@@H](C)N21. The standard InChI is InChI=1S/C13H17N3S/c1-3-10-8-17-13-15-12(9(2)16(10)13)11-6-4-5-7-14-11/h4-7,9-10,12H,3,8H2,1-2H3/t9-,10-,12+/m1/s1. The Bertz CT molecular complexity index is 432. The molecule has 2 aliphatic rings. The Labute approximate surface area is 106 Å². The molecule has 0 amide bonds. The zero-order valence-electron chi connectivity index (χ0n) is 10.2. The van der Waals surface area contributed by atoms with Crippen molar-refractivity contribution in [3.8, 4) is 0 Å². The molecule has 1 fully saturated rings. The summed E-state index contributed by atoms with van der Waals surface area (Å²) in [6.07, 6.45) is 3.06. The van der Waals surface area contributed by atoms with Crippen LogP contribution in [0.15, 0.2) is 29.4 Å². The lowest BCUT2D eigenvalue weighted by Crippen LogP contribution is -2.38. The normalized spacial score (nSPS) is 31.5. The van der Waals surface area contributed by atoms with Crippen LogP contribution in [0.4, 0.5) is 0 Å². The number of hydrogen-bond acceptors (Lipinski definition) is 4. The van der Waals surface area contributed by atoms with Crippen molar-refractivity contribution >= 4 is 16.9 Å². The van der Waals surface area contributed by atoms with E-state index in [1.54, 1.807) is 0 Å². The third-order valence-corrected chi connectivity index (χ3v) is 4.75. The first-order chi connectivity index (χ1) is 8.31. The summed E-state index contributed by atoms with van der Waals surface area (Å²) in [5.74, 6) is 1.19. The van der Waals surface area contributed by atoms with Gasteiger partial charge in [-0.25, -0.2) is 0 Å². The van der Waals surface area contributed by atoms with Gasteiger partial charge in [-0.2, -0.15) is 0 Å². The average molecular weight is 247 g/mol. The van der Waals surface area contributed by atoms with Crippen LogP contribution in [-0.4, -0.2) is 32.9 Å². The molecule has 1 aromatic rings. The molecule has 1 saturated heterocycles.